The average molecular weight is 455 g/mol. The molecule has 0 unspecified atom stereocenters. The molecule has 0 saturated carbocycles. The molecular weight excluding hydrogens is 420 g/mol. The van der Waals surface area contributed by atoms with Gasteiger partial charge in [-0.25, -0.2) is 0 Å². The van der Waals surface area contributed by atoms with Gasteiger partial charge in [0.1, 0.15) is 0 Å². The Kier molecular flexibility index (Phi) is 9.47. The SMILES string of the molecule is CC[N]([Sn]([CH2]C)([CH2]C)[CH2]C)[Sn]([CH2]C)([CH2]C)[CH2]C. The Hall–Kier alpha value is 1.56. The van der Waals surface area contributed by atoms with E-state index in [4.69, 9.17) is 0 Å². The Balaban J connectivity index is 5.39. The van der Waals surface area contributed by atoms with E-state index in [9.17, 15) is 0 Å². The van der Waals surface area contributed by atoms with Gasteiger partial charge in [-0.15, -0.1) is 0 Å². The zero-order valence-electron chi connectivity index (χ0n) is 13.4. The summed E-state index contributed by atoms with van der Waals surface area (Å²) in [4.78, 5) is 0. The summed E-state index contributed by atoms with van der Waals surface area (Å²) in [5, 5.41) is 0. The first-order valence-electron chi connectivity index (χ1n) is 7.83. The van der Waals surface area contributed by atoms with Gasteiger partial charge in [0.25, 0.3) is 0 Å². The van der Waals surface area contributed by atoms with Crippen molar-refractivity contribution >= 4 is 37.3 Å². The number of rotatable bonds is 9. The second-order valence-electron chi connectivity index (χ2n) is 5.31. The van der Waals surface area contributed by atoms with Gasteiger partial charge in [0.05, 0.1) is 0 Å². The Bertz CT molecular complexity index is 162. The van der Waals surface area contributed by atoms with Crippen LogP contribution in [0, 0.1) is 0 Å². The summed E-state index contributed by atoms with van der Waals surface area (Å²) in [5.41, 5.74) is 0. The molecule has 0 aliphatic heterocycles. The molecule has 0 amide bonds. The third-order valence-corrected chi connectivity index (χ3v) is 54.5. The first kappa shape index (κ1) is 18.6. The maximum atomic E-state index is 3.25. The Morgan fingerprint density at radius 1 is 0.529 bits per heavy atom. The van der Waals surface area contributed by atoms with E-state index in [0.29, 0.717) is 0 Å². The van der Waals surface area contributed by atoms with E-state index in [1.165, 1.54) is 33.2 Å². The van der Waals surface area contributed by atoms with E-state index in [1.807, 2.05) is 0 Å². The zero-order chi connectivity index (χ0) is 13.5. The molecule has 104 valence electrons. The monoisotopic (exact) mass is 457 g/mol. The molecule has 0 fully saturated rings. The van der Waals surface area contributed by atoms with Crippen LogP contribution in [0.5, 0.6) is 0 Å². The second kappa shape index (κ2) is 8.67. The summed E-state index contributed by atoms with van der Waals surface area (Å²) < 4.78 is 12.5. The predicted octanol–water partition coefficient (Wildman–Crippen LogP) is 5.32. The van der Waals surface area contributed by atoms with E-state index in [1.54, 1.807) is 0 Å². The molecule has 0 aliphatic rings. The van der Waals surface area contributed by atoms with Crippen LogP contribution in [0.1, 0.15) is 48.5 Å². The Labute approximate surface area is 119 Å². The van der Waals surface area contributed by atoms with Gasteiger partial charge >= 0.3 is 120 Å². The number of hydrogen-bond acceptors (Lipinski definition) is 1. The minimum absolute atomic E-state index is 1.37. The van der Waals surface area contributed by atoms with Crippen LogP contribution in [0.2, 0.25) is 26.6 Å². The molecule has 0 saturated heterocycles. The molecule has 0 spiro atoms. The maximum absolute atomic E-state index is 3.25. The van der Waals surface area contributed by atoms with Crippen molar-refractivity contribution in [2.45, 2.75) is 75.1 Å². The molecular formula is C14H35NSn2. The zero-order valence-corrected chi connectivity index (χ0v) is 19.1. The van der Waals surface area contributed by atoms with E-state index >= 15 is 0 Å². The molecule has 0 radical (unpaired) electrons. The van der Waals surface area contributed by atoms with Crippen LogP contribution in [0.4, 0.5) is 0 Å². The van der Waals surface area contributed by atoms with Crippen molar-refractivity contribution in [3.8, 4) is 0 Å². The summed E-state index contributed by atoms with van der Waals surface area (Å²) in [5.74, 6) is 0. The molecule has 0 heterocycles. The number of nitrogens with zero attached hydrogens (tertiary/aromatic N) is 1. The van der Waals surface area contributed by atoms with Crippen LogP contribution >= 0.6 is 0 Å². The van der Waals surface area contributed by atoms with E-state index in [2.05, 4.69) is 49.8 Å². The van der Waals surface area contributed by atoms with Gasteiger partial charge < -0.3 is 0 Å². The van der Waals surface area contributed by atoms with Gasteiger partial charge in [0.15, 0.2) is 0 Å². The van der Waals surface area contributed by atoms with Crippen molar-refractivity contribution in [2.24, 2.45) is 0 Å². The van der Waals surface area contributed by atoms with Gasteiger partial charge in [-0.3, -0.25) is 0 Å². The van der Waals surface area contributed by atoms with Crippen molar-refractivity contribution in [3.05, 3.63) is 0 Å². The van der Waals surface area contributed by atoms with Crippen molar-refractivity contribution in [1.29, 1.82) is 0 Å². The molecule has 0 rings (SSSR count). The van der Waals surface area contributed by atoms with Gasteiger partial charge in [-0.2, -0.15) is 0 Å². The third kappa shape index (κ3) is 3.77. The summed E-state index contributed by atoms with van der Waals surface area (Å²) in [7, 11) is 0. The molecule has 0 aromatic heterocycles. The van der Waals surface area contributed by atoms with E-state index < -0.39 is 37.3 Å². The van der Waals surface area contributed by atoms with Crippen LogP contribution < -0.4 is 0 Å². The molecule has 0 aromatic carbocycles. The second-order valence-corrected chi connectivity index (χ2v) is 38.1. The van der Waals surface area contributed by atoms with Crippen LogP contribution in [-0.2, 0) is 0 Å². The fourth-order valence-corrected chi connectivity index (χ4v) is 63.0. The fraction of sp³-hybridized carbons (Fsp3) is 1.00. The van der Waals surface area contributed by atoms with Crippen molar-refractivity contribution in [2.75, 3.05) is 6.54 Å². The molecule has 0 aromatic rings. The molecule has 0 N–H and O–H groups in total. The van der Waals surface area contributed by atoms with Crippen LogP contribution in [-0.4, -0.2) is 45.2 Å². The Morgan fingerprint density at radius 3 is 0.882 bits per heavy atom. The Morgan fingerprint density at radius 2 is 0.765 bits per heavy atom. The number of hydrogen-bond donors (Lipinski definition) is 0. The van der Waals surface area contributed by atoms with Crippen LogP contribution in [0.3, 0.4) is 0 Å². The molecule has 3 heteroatoms. The first-order chi connectivity index (χ1) is 8.06. The summed E-state index contributed by atoms with van der Waals surface area (Å²) >= 11 is -3.90. The predicted molar refractivity (Wildman–Crippen MR) is 86.8 cm³/mol. The van der Waals surface area contributed by atoms with Crippen molar-refractivity contribution in [3.63, 3.8) is 0 Å². The van der Waals surface area contributed by atoms with Crippen molar-refractivity contribution in [1.82, 2.24) is 1.34 Å². The van der Waals surface area contributed by atoms with Crippen LogP contribution in [0.15, 0.2) is 0 Å². The van der Waals surface area contributed by atoms with Gasteiger partial charge in [-0.05, 0) is 0 Å². The summed E-state index contributed by atoms with van der Waals surface area (Å²) in [6.45, 7) is 18.8. The molecule has 0 aliphatic carbocycles. The fourth-order valence-electron chi connectivity index (χ4n) is 3.82. The van der Waals surface area contributed by atoms with Crippen molar-refractivity contribution < 1.29 is 0 Å². The van der Waals surface area contributed by atoms with Gasteiger partial charge in [-0.1, -0.05) is 0 Å². The molecule has 1 nitrogen and oxygen atoms in total. The molecule has 0 atom stereocenters. The van der Waals surface area contributed by atoms with E-state index in [0.717, 1.165) is 0 Å². The van der Waals surface area contributed by atoms with Crippen LogP contribution in [0.25, 0.3) is 0 Å². The summed E-state index contributed by atoms with van der Waals surface area (Å²) in [6, 6.07) is 0. The topological polar surface area (TPSA) is 3.24 Å². The average Bonchev–Trinajstić information content (AvgIpc) is 2.40. The van der Waals surface area contributed by atoms with E-state index in [-0.39, 0.29) is 0 Å². The summed E-state index contributed by atoms with van der Waals surface area (Å²) in [6.07, 6.45) is 0. The molecule has 0 bridgehead atoms. The third-order valence-electron chi connectivity index (χ3n) is 5.41. The molecule has 17 heavy (non-hydrogen) atoms. The minimum atomic E-state index is -1.95. The van der Waals surface area contributed by atoms with Gasteiger partial charge in [0.2, 0.25) is 0 Å². The normalized spacial score (nSPS) is 13.4. The standard InChI is InChI=1S/C2H5N.6C2H5.2Sn/c1-2-3;6*1-2;;/h2H2,1H3;6*1H2,2H3;;. The van der Waals surface area contributed by atoms with Gasteiger partial charge in [0, 0.05) is 0 Å². The first-order valence-corrected chi connectivity index (χ1v) is 22.5. The quantitative estimate of drug-likeness (QED) is 0.426.